The van der Waals surface area contributed by atoms with Gasteiger partial charge < -0.3 is 9.88 Å². The Bertz CT molecular complexity index is 899. The van der Waals surface area contributed by atoms with Crippen LogP contribution in [0.25, 0.3) is 10.9 Å². The summed E-state index contributed by atoms with van der Waals surface area (Å²) in [5.74, 6) is -0.214. The largest absolute Gasteiger partial charge is 0.345 e. The lowest BCUT2D eigenvalue weighted by Crippen LogP contribution is -2.30. The predicted molar refractivity (Wildman–Crippen MR) is 94.2 cm³/mol. The summed E-state index contributed by atoms with van der Waals surface area (Å²) in [5, 5.41) is 13.7. The van der Waals surface area contributed by atoms with E-state index < -0.39 is 4.92 Å². The molecule has 24 heavy (non-hydrogen) atoms. The van der Waals surface area contributed by atoms with Crippen LogP contribution in [0.1, 0.15) is 15.4 Å². The van der Waals surface area contributed by atoms with Crippen molar-refractivity contribution in [2.75, 3.05) is 6.54 Å². The number of nitro groups is 1. The van der Waals surface area contributed by atoms with Crippen LogP contribution in [0.2, 0.25) is 0 Å². The monoisotopic (exact) mass is 341 g/mol. The summed E-state index contributed by atoms with van der Waals surface area (Å²) in [6, 6.07) is 10.3. The first-order chi connectivity index (χ1) is 11.6. The van der Waals surface area contributed by atoms with Crippen molar-refractivity contribution in [3.63, 3.8) is 0 Å². The lowest BCUT2D eigenvalue weighted by molar-refractivity contribution is -0.383. The van der Waals surface area contributed by atoms with Gasteiger partial charge in [0.25, 0.3) is 11.6 Å². The second-order valence-corrected chi connectivity index (χ2v) is 6.27. The average molecular weight is 341 g/mol. The van der Waals surface area contributed by atoms with E-state index in [4.69, 9.17) is 0 Å². The molecule has 7 heteroatoms. The average Bonchev–Trinajstić information content (AvgIpc) is 3.22. The van der Waals surface area contributed by atoms with E-state index >= 15 is 0 Å². The number of nitrogens with one attached hydrogen (secondary N) is 1. The van der Waals surface area contributed by atoms with E-state index in [1.807, 2.05) is 17.5 Å². The van der Waals surface area contributed by atoms with E-state index in [9.17, 15) is 14.9 Å². The SMILES string of the molecule is C=CCN(Cc1cccs1)C(=O)c1cc2cccc([N+](=O)[O-])c2[nH]1. The van der Waals surface area contributed by atoms with Gasteiger partial charge in [-0.2, -0.15) is 0 Å². The van der Waals surface area contributed by atoms with Crippen LogP contribution in [-0.2, 0) is 6.54 Å². The number of thiophene rings is 1. The maximum atomic E-state index is 12.8. The zero-order valence-electron chi connectivity index (χ0n) is 12.8. The molecule has 122 valence electrons. The highest BCUT2D eigenvalue weighted by molar-refractivity contribution is 7.09. The Labute approximate surface area is 142 Å². The minimum atomic E-state index is -0.458. The summed E-state index contributed by atoms with van der Waals surface area (Å²) in [7, 11) is 0. The summed E-state index contributed by atoms with van der Waals surface area (Å²) in [5.41, 5.74) is 0.651. The van der Waals surface area contributed by atoms with Crippen molar-refractivity contribution in [2.24, 2.45) is 0 Å². The molecule has 0 saturated carbocycles. The molecule has 0 aliphatic carbocycles. The summed E-state index contributed by atoms with van der Waals surface area (Å²) < 4.78 is 0. The van der Waals surface area contributed by atoms with Crippen LogP contribution in [0, 0.1) is 10.1 Å². The summed E-state index contributed by atoms with van der Waals surface area (Å²) in [4.78, 5) is 29.1. The number of carbonyl (C=O) groups is 1. The third-order valence-electron chi connectivity index (χ3n) is 3.62. The van der Waals surface area contributed by atoms with Gasteiger partial charge in [0.1, 0.15) is 11.2 Å². The molecule has 0 aliphatic heterocycles. The quantitative estimate of drug-likeness (QED) is 0.418. The summed E-state index contributed by atoms with van der Waals surface area (Å²) >= 11 is 1.57. The third-order valence-corrected chi connectivity index (χ3v) is 4.49. The summed E-state index contributed by atoms with van der Waals surface area (Å²) in [6.07, 6.45) is 1.66. The van der Waals surface area contributed by atoms with Crippen molar-refractivity contribution in [1.29, 1.82) is 0 Å². The molecule has 0 spiro atoms. The van der Waals surface area contributed by atoms with Gasteiger partial charge in [0, 0.05) is 22.9 Å². The molecule has 3 aromatic rings. The van der Waals surface area contributed by atoms with Crippen LogP contribution in [0.5, 0.6) is 0 Å². The standard InChI is InChI=1S/C17H15N3O3S/c1-2-8-19(11-13-6-4-9-24-13)17(21)14-10-12-5-3-7-15(20(22)23)16(12)18-14/h2-7,9-10,18H,1,8,11H2. The normalized spacial score (nSPS) is 10.7. The van der Waals surface area contributed by atoms with Crippen molar-refractivity contribution in [1.82, 2.24) is 9.88 Å². The molecular formula is C17H15N3O3S. The second kappa shape index (κ2) is 6.67. The number of rotatable bonds is 6. The molecule has 0 fully saturated rings. The van der Waals surface area contributed by atoms with Crippen LogP contribution >= 0.6 is 11.3 Å². The molecular weight excluding hydrogens is 326 g/mol. The molecule has 0 radical (unpaired) electrons. The van der Waals surface area contributed by atoms with Gasteiger partial charge in [0.05, 0.1) is 11.5 Å². The Hall–Kier alpha value is -2.93. The van der Waals surface area contributed by atoms with E-state index in [1.54, 1.807) is 40.5 Å². The second-order valence-electron chi connectivity index (χ2n) is 5.24. The van der Waals surface area contributed by atoms with Gasteiger partial charge in [-0.15, -0.1) is 17.9 Å². The Morgan fingerprint density at radius 1 is 1.38 bits per heavy atom. The van der Waals surface area contributed by atoms with Gasteiger partial charge >= 0.3 is 0 Å². The van der Waals surface area contributed by atoms with Crippen molar-refractivity contribution in [2.45, 2.75) is 6.54 Å². The Morgan fingerprint density at radius 3 is 2.88 bits per heavy atom. The number of aromatic amines is 1. The number of nitro benzene ring substituents is 1. The molecule has 6 nitrogen and oxygen atoms in total. The van der Waals surface area contributed by atoms with Crippen LogP contribution in [0.3, 0.4) is 0 Å². The van der Waals surface area contributed by atoms with Crippen LogP contribution in [-0.4, -0.2) is 27.3 Å². The molecule has 2 aromatic heterocycles. The highest BCUT2D eigenvalue weighted by atomic mass is 32.1. The lowest BCUT2D eigenvalue weighted by atomic mass is 10.2. The van der Waals surface area contributed by atoms with E-state index in [1.165, 1.54) is 6.07 Å². The molecule has 0 saturated heterocycles. The number of amides is 1. The van der Waals surface area contributed by atoms with E-state index in [2.05, 4.69) is 11.6 Å². The lowest BCUT2D eigenvalue weighted by Gasteiger charge is -2.19. The predicted octanol–water partition coefficient (Wildman–Crippen LogP) is 3.97. The van der Waals surface area contributed by atoms with Crippen LogP contribution in [0.4, 0.5) is 5.69 Å². The fraction of sp³-hybridized carbons (Fsp3) is 0.118. The number of H-pyrrole nitrogens is 1. The van der Waals surface area contributed by atoms with E-state index in [-0.39, 0.29) is 11.6 Å². The maximum absolute atomic E-state index is 12.8. The van der Waals surface area contributed by atoms with Crippen LogP contribution in [0.15, 0.2) is 54.4 Å². The van der Waals surface area contributed by atoms with Gasteiger partial charge in [-0.25, -0.2) is 0 Å². The fourth-order valence-corrected chi connectivity index (χ4v) is 3.26. The molecule has 3 rings (SSSR count). The summed E-state index contributed by atoms with van der Waals surface area (Å²) in [6.45, 7) is 4.57. The number of benzene rings is 1. The fourth-order valence-electron chi connectivity index (χ4n) is 2.54. The highest BCUT2D eigenvalue weighted by Gasteiger charge is 2.20. The van der Waals surface area contributed by atoms with Crippen LogP contribution < -0.4 is 0 Å². The highest BCUT2D eigenvalue weighted by Crippen LogP contribution is 2.26. The Morgan fingerprint density at radius 2 is 2.21 bits per heavy atom. The number of hydrogen-bond donors (Lipinski definition) is 1. The van der Waals surface area contributed by atoms with Gasteiger partial charge in [-0.3, -0.25) is 14.9 Å². The Balaban J connectivity index is 1.95. The number of hydrogen-bond acceptors (Lipinski definition) is 4. The number of fused-ring (bicyclic) bond motifs is 1. The van der Waals surface area contributed by atoms with E-state index in [0.717, 1.165) is 4.88 Å². The zero-order chi connectivity index (χ0) is 17.1. The first-order valence-electron chi connectivity index (χ1n) is 7.29. The number of para-hydroxylation sites is 1. The number of aromatic nitrogens is 1. The first-order valence-corrected chi connectivity index (χ1v) is 8.17. The van der Waals surface area contributed by atoms with Crippen molar-refractivity contribution in [3.8, 4) is 0 Å². The minimum Gasteiger partial charge on any atom is -0.345 e. The topological polar surface area (TPSA) is 79.2 Å². The van der Waals surface area contributed by atoms with Crippen molar-refractivity contribution < 1.29 is 9.72 Å². The molecule has 0 bridgehead atoms. The first kappa shape index (κ1) is 15.9. The number of non-ortho nitro benzene ring substituents is 1. The molecule has 0 aliphatic rings. The molecule has 2 heterocycles. The zero-order valence-corrected chi connectivity index (χ0v) is 13.6. The van der Waals surface area contributed by atoms with Gasteiger partial charge in [0.15, 0.2) is 0 Å². The van der Waals surface area contributed by atoms with Gasteiger partial charge in [-0.1, -0.05) is 24.3 Å². The van der Waals surface area contributed by atoms with Crippen molar-refractivity contribution >= 4 is 33.8 Å². The van der Waals surface area contributed by atoms with Crippen molar-refractivity contribution in [3.05, 3.63) is 75.1 Å². The van der Waals surface area contributed by atoms with E-state index in [0.29, 0.717) is 29.7 Å². The minimum absolute atomic E-state index is 0.0416. The molecule has 1 aromatic carbocycles. The smallest absolute Gasteiger partial charge is 0.293 e. The maximum Gasteiger partial charge on any atom is 0.293 e. The molecule has 0 atom stereocenters. The number of nitrogens with zero attached hydrogens (tertiary/aromatic N) is 2. The molecule has 1 amide bonds. The third kappa shape index (κ3) is 3.07. The van der Waals surface area contributed by atoms with Gasteiger partial charge in [-0.05, 0) is 17.5 Å². The molecule has 0 unspecified atom stereocenters. The number of carbonyl (C=O) groups excluding carboxylic acids is 1. The molecule has 1 N–H and O–H groups in total. The Kier molecular flexibility index (Phi) is 4.43. The van der Waals surface area contributed by atoms with Gasteiger partial charge in [0.2, 0.25) is 0 Å².